The molecule has 0 bridgehead atoms. The van der Waals surface area contributed by atoms with Crippen LogP contribution in [0.25, 0.3) is 0 Å². The van der Waals surface area contributed by atoms with Gasteiger partial charge < -0.3 is 10.4 Å². The summed E-state index contributed by atoms with van der Waals surface area (Å²) in [5, 5.41) is 10.9. The first-order valence-corrected chi connectivity index (χ1v) is 4.94. The molecule has 0 aliphatic carbocycles. The molecule has 0 spiro atoms. The average Bonchev–Trinajstić information content (AvgIpc) is 2.28. The molecule has 86 valence electrons. The number of nitrogens with zero attached hydrogens (tertiary/aromatic N) is 2. The molecular weight excluding hydrogens is 210 g/mol. The van der Waals surface area contributed by atoms with Crippen LogP contribution in [0.15, 0.2) is 12.5 Å². The number of aliphatic carboxylic acids is 1. The number of carboxylic acids is 1. The van der Waals surface area contributed by atoms with Gasteiger partial charge in [-0.25, -0.2) is 9.97 Å². The van der Waals surface area contributed by atoms with E-state index in [-0.39, 0.29) is 18.9 Å². The molecule has 0 saturated heterocycles. The lowest BCUT2D eigenvalue weighted by molar-refractivity contribution is -0.136. The van der Waals surface area contributed by atoms with Crippen LogP contribution in [0.5, 0.6) is 0 Å². The van der Waals surface area contributed by atoms with Crippen LogP contribution in [0.3, 0.4) is 0 Å². The number of carbonyl (C=O) groups is 2. The topological polar surface area (TPSA) is 92.2 Å². The van der Waals surface area contributed by atoms with Crippen LogP contribution in [0.4, 0.5) is 0 Å². The molecule has 1 heterocycles. The Morgan fingerprint density at radius 2 is 2.25 bits per heavy atom. The summed E-state index contributed by atoms with van der Waals surface area (Å²) in [4.78, 5) is 29.6. The van der Waals surface area contributed by atoms with Crippen LogP contribution >= 0.6 is 0 Å². The van der Waals surface area contributed by atoms with Gasteiger partial charge in [0, 0.05) is 12.7 Å². The number of hydrogen-bond donors (Lipinski definition) is 2. The van der Waals surface area contributed by atoms with Crippen molar-refractivity contribution in [2.24, 2.45) is 0 Å². The molecule has 0 aromatic carbocycles. The van der Waals surface area contributed by atoms with Gasteiger partial charge in [-0.3, -0.25) is 9.59 Å². The molecule has 0 atom stereocenters. The molecule has 1 aromatic rings. The third-order valence-electron chi connectivity index (χ3n) is 2.00. The van der Waals surface area contributed by atoms with Gasteiger partial charge >= 0.3 is 5.97 Å². The standard InChI is InChI=1S/C10H13N3O3/c1-2-8-7(5-11-6-13-8)10(16)12-4-3-9(14)15/h5-6H,2-4H2,1H3,(H,12,16)(H,14,15). The van der Waals surface area contributed by atoms with E-state index in [1.165, 1.54) is 12.5 Å². The fraction of sp³-hybridized carbons (Fsp3) is 0.400. The molecular formula is C10H13N3O3. The lowest BCUT2D eigenvalue weighted by atomic mass is 10.2. The number of carboxylic acid groups (broad SMARTS) is 1. The van der Waals surface area contributed by atoms with E-state index in [1.54, 1.807) is 0 Å². The van der Waals surface area contributed by atoms with Crippen molar-refractivity contribution in [1.82, 2.24) is 15.3 Å². The monoisotopic (exact) mass is 223 g/mol. The van der Waals surface area contributed by atoms with Crippen LogP contribution in [-0.2, 0) is 11.2 Å². The minimum Gasteiger partial charge on any atom is -0.481 e. The fourth-order valence-corrected chi connectivity index (χ4v) is 1.20. The largest absolute Gasteiger partial charge is 0.481 e. The van der Waals surface area contributed by atoms with E-state index >= 15 is 0 Å². The van der Waals surface area contributed by atoms with Gasteiger partial charge in [0.05, 0.1) is 17.7 Å². The minimum absolute atomic E-state index is 0.0963. The number of carbonyl (C=O) groups excluding carboxylic acids is 1. The molecule has 0 fully saturated rings. The quantitative estimate of drug-likeness (QED) is 0.746. The van der Waals surface area contributed by atoms with E-state index in [4.69, 9.17) is 5.11 Å². The van der Waals surface area contributed by atoms with Gasteiger partial charge in [-0.2, -0.15) is 0 Å². The fourth-order valence-electron chi connectivity index (χ4n) is 1.20. The molecule has 0 aliphatic rings. The number of aromatic nitrogens is 2. The zero-order chi connectivity index (χ0) is 12.0. The Morgan fingerprint density at radius 1 is 1.50 bits per heavy atom. The minimum atomic E-state index is -0.944. The molecule has 0 saturated carbocycles. The molecule has 0 radical (unpaired) electrons. The highest BCUT2D eigenvalue weighted by atomic mass is 16.4. The van der Waals surface area contributed by atoms with Crippen LogP contribution in [0, 0.1) is 0 Å². The number of amides is 1. The summed E-state index contributed by atoms with van der Waals surface area (Å²) < 4.78 is 0. The van der Waals surface area contributed by atoms with Gasteiger partial charge in [0.2, 0.25) is 0 Å². The van der Waals surface area contributed by atoms with Crippen molar-refractivity contribution < 1.29 is 14.7 Å². The van der Waals surface area contributed by atoms with Gasteiger partial charge in [0.1, 0.15) is 6.33 Å². The smallest absolute Gasteiger partial charge is 0.305 e. The predicted octanol–water partition coefficient (Wildman–Crippen LogP) is 0.243. The van der Waals surface area contributed by atoms with E-state index < -0.39 is 5.97 Å². The second kappa shape index (κ2) is 5.79. The van der Waals surface area contributed by atoms with E-state index in [9.17, 15) is 9.59 Å². The highest BCUT2D eigenvalue weighted by molar-refractivity contribution is 5.95. The van der Waals surface area contributed by atoms with E-state index in [0.29, 0.717) is 17.7 Å². The van der Waals surface area contributed by atoms with Crippen molar-refractivity contribution in [2.75, 3.05) is 6.54 Å². The number of hydrogen-bond acceptors (Lipinski definition) is 4. The van der Waals surface area contributed by atoms with Crippen molar-refractivity contribution >= 4 is 11.9 Å². The summed E-state index contributed by atoms with van der Waals surface area (Å²) in [6.07, 6.45) is 3.35. The van der Waals surface area contributed by atoms with Gasteiger partial charge in [0.25, 0.3) is 5.91 Å². The zero-order valence-electron chi connectivity index (χ0n) is 8.93. The Hall–Kier alpha value is -1.98. The van der Waals surface area contributed by atoms with Crippen molar-refractivity contribution in [3.63, 3.8) is 0 Å². The van der Waals surface area contributed by atoms with Gasteiger partial charge in [-0.1, -0.05) is 6.92 Å². The van der Waals surface area contributed by atoms with E-state index in [1.807, 2.05) is 6.92 Å². The number of nitrogens with one attached hydrogen (secondary N) is 1. The molecule has 2 N–H and O–H groups in total. The zero-order valence-corrected chi connectivity index (χ0v) is 8.93. The Balaban J connectivity index is 2.62. The average molecular weight is 223 g/mol. The first-order chi connectivity index (χ1) is 7.65. The van der Waals surface area contributed by atoms with Crippen molar-refractivity contribution in [3.8, 4) is 0 Å². The lowest BCUT2D eigenvalue weighted by Gasteiger charge is -2.06. The first-order valence-electron chi connectivity index (χ1n) is 4.94. The van der Waals surface area contributed by atoms with Gasteiger partial charge in [-0.15, -0.1) is 0 Å². The summed E-state index contributed by atoms with van der Waals surface area (Å²) in [5.74, 6) is -1.28. The Labute approximate surface area is 92.7 Å². The number of rotatable bonds is 5. The maximum absolute atomic E-state index is 11.6. The molecule has 0 unspecified atom stereocenters. The maximum atomic E-state index is 11.6. The molecule has 1 aromatic heterocycles. The SMILES string of the molecule is CCc1ncncc1C(=O)NCCC(=O)O. The van der Waals surface area contributed by atoms with Crippen molar-refractivity contribution in [2.45, 2.75) is 19.8 Å². The highest BCUT2D eigenvalue weighted by Gasteiger charge is 2.11. The van der Waals surface area contributed by atoms with E-state index in [0.717, 1.165) is 0 Å². The molecule has 0 aliphatic heterocycles. The molecule has 1 amide bonds. The molecule has 6 heteroatoms. The van der Waals surface area contributed by atoms with Gasteiger partial charge in [-0.05, 0) is 6.42 Å². The summed E-state index contributed by atoms with van der Waals surface area (Å²) in [6.45, 7) is 1.99. The van der Waals surface area contributed by atoms with Crippen LogP contribution < -0.4 is 5.32 Å². The van der Waals surface area contributed by atoms with Crippen LogP contribution in [-0.4, -0.2) is 33.5 Å². The molecule has 6 nitrogen and oxygen atoms in total. The molecule has 1 rings (SSSR count). The summed E-state index contributed by atoms with van der Waals surface area (Å²) in [5.41, 5.74) is 1.05. The lowest BCUT2D eigenvalue weighted by Crippen LogP contribution is -2.27. The second-order valence-electron chi connectivity index (χ2n) is 3.14. The Morgan fingerprint density at radius 3 is 2.88 bits per heavy atom. The molecule has 16 heavy (non-hydrogen) atoms. The maximum Gasteiger partial charge on any atom is 0.305 e. The normalized spacial score (nSPS) is 9.81. The first kappa shape index (κ1) is 12.1. The third-order valence-corrected chi connectivity index (χ3v) is 2.00. The van der Waals surface area contributed by atoms with Crippen LogP contribution in [0.1, 0.15) is 29.4 Å². The summed E-state index contributed by atoms with van der Waals surface area (Å²) >= 11 is 0. The van der Waals surface area contributed by atoms with Crippen molar-refractivity contribution in [3.05, 3.63) is 23.8 Å². The summed E-state index contributed by atoms with van der Waals surface area (Å²) in [6, 6.07) is 0. The van der Waals surface area contributed by atoms with Crippen molar-refractivity contribution in [1.29, 1.82) is 0 Å². The Bertz CT molecular complexity index is 393. The van der Waals surface area contributed by atoms with Crippen LogP contribution in [0.2, 0.25) is 0 Å². The van der Waals surface area contributed by atoms with Gasteiger partial charge in [0.15, 0.2) is 0 Å². The third kappa shape index (κ3) is 3.30. The Kier molecular flexibility index (Phi) is 4.38. The highest BCUT2D eigenvalue weighted by Crippen LogP contribution is 2.03. The second-order valence-corrected chi connectivity index (χ2v) is 3.14. The predicted molar refractivity (Wildman–Crippen MR) is 56.0 cm³/mol. The summed E-state index contributed by atoms with van der Waals surface area (Å²) in [7, 11) is 0. The van der Waals surface area contributed by atoms with E-state index in [2.05, 4.69) is 15.3 Å². The number of aryl methyl sites for hydroxylation is 1.